The van der Waals surface area contributed by atoms with Crippen LogP contribution in [-0.4, -0.2) is 17.5 Å². The highest BCUT2D eigenvalue weighted by Gasteiger charge is 2.19. The van der Waals surface area contributed by atoms with Crippen LogP contribution in [0.1, 0.15) is 116 Å². The molecule has 4 aromatic rings. The number of allylic oxidation sites excluding steroid dienone is 1. The minimum atomic E-state index is -1.48. The van der Waals surface area contributed by atoms with Gasteiger partial charge in [-0.1, -0.05) is 133 Å². The Kier molecular flexibility index (Phi) is 21.7. The molecule has 5 heteroatoms. The van der Waals surface area contributed by atoms with E-state index >= 15 is 0 Å². The van der Waals surface area contributed by atoms with Crippen molar-refractivity contribution in [3.05, 3.63) is 125 Å². The second-order valence-electron chi connectivity index (χ2n) is 11.2. The molecule has 1 amide bonds. The molecule has 0 unspecified atom stereocenters. The first-order valence-corrected chi connectivity index (χ1v) is 16.7. The lowest BCUT2D eigenvalue weighted by molar-refractivity contribution is -0.117. The predicted molar refractivity (Wildman–Crippen MR) is 199 cm³/mol. The van der Waals surface area contributed by atoms with Gasteiger partial charge in [-0.15, -0.1) is 0 Å². The first-order valence-electron chi connectivity index (χ1n) is 16.7. The molecular weight excluding hydrogens is 585 g/mol. The van der Waals surface area contributed by atoms with E-state index in [1.807, 2.05) is 69.3 Å². The first-order chi connectivity index (χ1) is 22.4. The van der Waals surface area contributed by atoms with Gasteiger partial charge in [0.2, 0.25) is 0 Å². The van der Waals surface area contributed by atoms with E-state index in [4.69, 9.17) is 0 Å². The third-order valence-corrected chi connectivity index (χ3v) is 6.44. The number of amides is 1. The van der Waals surface area contributed by atoms with Crippen molar-refractivity contribution in [2.75, 3.05) is 0 Å². The minimum absolute atomic E-state index is 0.205. The van der Waals surface area contributed by atoms with Crippen LogP contribution >= 0.6 is 0 Å². The number of ketones is 2. The molecule has 1 N–H and O–H groups in total. The summed E-state index contributed by atoms with van der Waals surface area (Å²) in [6, 6.07) is 30.4. The molecule has 0 spiro atoms. The Bertz CT molecular complexity index is 1500. The van der Waals surface area contributed by atoms with Crippen molar-refractivity contribution in [2.24, 2.45) is 0 Å². The Labute approximate surface area is 283 Å². The molecule has 254 valence electrons. The van der Waals surface area contributed by atoms with Crippen molar-refractivity contribution in [1.82, 2.24) is 5.32 Å². The monoisotopic (exact) mass is 641 g/mol. The van der Waals surface area contributed by atoms with Crippen molar-refractivity contribution >= 4 is 34.3 Å². The Morgan fingerprint density at radius 3 is 1.72 bits per heavy atom. The summed E-state index contributed by atoms with van der Waals surface area (Å²) in [4.78, 5) is 34.7. The zero-order chi connectivity index (χ0) is 35.8. The average molecular weight is 642 g/mol. The van der Waals surface area contributed by atoms with Crippen molar-refractivity contribution in [3.8, 4) is 0 Å². The number of hydrogen-bond donors (Lipinski definition) is 1. The fourth-order valence-corrected chi connectivity index (χ4v) is 4.04. The van der Waals surface area contributed by atoms with E-state index in [0.29, 0.717) is 11.1 Å². The van der Waals surface area contributed by atoms with Crippen LogP contribution in [0, 0.1) is 0 Å². The summed E-state index contributed by atoms with van der Waals surface area (Å²) >= 11 is 0. The van der Waals surface area contributed by atoms with Gasteiger partial charge in [-0.25, -0.2) is 4.39 Å². The highest BCUT2D eigenvalue weighted by Crippen LogP contribution is 2.25. The third kappa shape index (κ3) is 17.2. The molecule has 0 aliphatic carbocycles. The lowest BCUT2D eigenvalue weighted by Crippen LogP contribution is -2.26. The molecule has 0 saturated heterocycles. The summed E-state index contributed by atoms with van der Waals surface area (Å²) in [7, 11) is 0. The molecule has 47 heavy (non-hydrogen) atoms. The van der Waals surface area contributed by atoms with Gasteiger partial charge in [0.15, 0.2) is 5.78 Å². The number of halogens is 1. The summed E-state index contributed by atoms with van der Waals surface area (Å²) < 4.78 is 14.0. The summed E-state index contributed by atoms with van der Waals surface area (Å²) in [5.74, 6) is -0.370. The van der Waals surface area contributed by atoms with Crippen molar-refractivity contribution in [3.63, 3.8) is 0 Å². The summed E-state index contributed by atoms with van der Waals surface area (Å²) in [5.41, 5.74) is 1.83. The predicted octanol–water partition coefficient (Wildman–Crippen LogP) is 11.5. The van der Waals surface area contributed by atoms with Gasteiger partial charge >= 0.3 is 0 Å². The van der Waals surface area contributed by atoms with Crippen LogP contribution in [0.4, 0.5) is 4.39 Å². The van der Waals surface area contributed by atoms with Gasteiger partial charge in [0.25, 0.3) is 5.91 Å². The van der Waals surface area contributed by atoms with Crippen molar-refractivity contribution < 1.29 is 18.8 Å². The second-order valence-corrected chi connectivity index (χ2v) is 11.2. The molecule has 0 atom stereocenters. The number of benzene rings is 4. The van der Waals surface area contributed by atoms with E-state index in [0.717, 1.165) is 35.6 Å². The van der Waals surface area contributed by atoms with Crippen LogP contribution in [0.2, 0.25) is 0 Å². The Morgan fingerprint density at radius 1 is 0.745 bits per heavy atom. The number of aryl methyl sites for hydroxylation is 1. The quantitative estimate of drug-likeness (QED) is 0.195. The van der Waals surface area contributed by atoms with Gasteiger partial charge in [0.05, 0.1) is 5.70 Å². The molecule has 0 bridgehead atoms. The van der Waals surface area contributed by atoms with E-state index < -0.39 is 11.6 Å². The fraction of sp³-hybridized carbons (Fsp3) is 0.357. The Hall–Kier alpha value is -4.38. The van der Waals surface area contributed by atoms with Crippen LogP contribution in [-0.2, 0) is 21.7 Å². The van der Waals surface area contributed by atoms with E-state index in [1.54, 1.807) is 37.3 Å². The molecule has 0 aromatic heterocycles. The fourth-order valence-electron chi connectivity index (χ4n) is 4.04. The zero-order valence-corrected chi connectivity index (χ0v) is 30.2. The topological polar surface area (TPSA) is 63.2 Å². The second kappa shape index (κ2) is 23.9. The standard InChI is InChI=1S/C24H22FNO2.C8H10.C5H10O.C3H8.C2H6/c1-16(27)22(15-19-9-6-8-17-7-4-5-10-21(17)19)26-23(28)18-11-13-20(14-12-18)24(2,3)25;1-2-8-6-4-3-5-7-8;1-3-4-5(2)6;1-3-2;1-2/h4-15H,1-3H3,(H,26,28);3-7H,2H2,1H3;3-4H2,1-2H3;3H2,1-2H3;1-2H3/b22-15+;;;;. The molecule has 0 heterocycles. The largest absolute Gasteiger partial charge is 0.319 e. The van der Waals surface area contributed by atoms with Gasteiger partial charge in [-0.05, 0) is 79.3 Å². The number of fused-ring (bicyclic) bond motifs is 1. The normalized spacial score (nSPS) is 10.3. The van der Waals surface area contributed by atoms with Gasteiger partial charge in [0.1, 0.15) is 11.5 Å². The molecule has 4 nitrogen and oxygen atoms in total. The molecule has 0 aliphatic heterocycles. The van der Waals surface area contributed by atoms with Gasteiger partial charge < -0.3 is 10.1 Å². The van der Waals surface area contributed by atoms with Gasteiger partial charge in [0, 0.05) is 18.9 Å². The minimum Gasteiger partial charge on any atom is -0.319 e. The number of hydrogen-bond acceptors (Lipinski definition) is 3. The maximum atomic E-state index is 14.0. The van der Waals surface area contributed by atoms with Crippen LogP contribution in [0.5, 0.6) is 0 Å². The number of nitrogens with one attached hydrogen (secondary N) is 1. The molecule has 0 aliphatic rings. The lowest BCUT2D eigenvalue weighted by Gasteiger charge is -2.15. The number of carbonyl (C=O) groups is 3. The molecular formula is C42H56FNO3. The molecule has 0 radical (unpaired) electrons. The van der Waals surface area contributed by atoms with E-state index in [2.05, 4.69) is 50.4 Å². The van der Waals surface area contributed by atoms with Crippen LogP contribution in [0.15, 0.2) is 103 Å². The van der Waals surface area contributed by atoms with E-state index in [9.17, 15) is 18.8 Å². The summed E-state index contributed by atoms with van der Waals surface area (Å²) in [5, 5.41) is 4.73. The van der Waals surface area contributed by atoms with Crippen LogP contribution in [0.3, 0.4) is 0 Å². The lowest BCUT2D eigenvalue weighted by atomic mass is 9.99. The molecule has 0 saturated carbocycles. The average Bonchev–Trinajstić information content (AvgIpc) is 3.06. The number of alkyl halides is 1. The smallest absolute Gasteiger partial charge is 0.255 e. The molecule has 4 rings (SSSR count). The third-order valence-electron chi connectivity index (χ3n) is 6.44. The zero-order valence-electron chi connectivity index (χ0n) is 30.2. The Balaban J connectivity index is 0.000000908. The number of rotatable bonds is 8. The molecule has 4 aromatic carbocycles. The number of Topliss-reactive ketones (excluding diaryl/α,β-unsaturated/α-hetero) is 2. The van der Waals surface area contributed by atoms with E-state index in [1.165, 1.54) is 32.8 Å². The maximum absolute atomic E-state index is 14.0. The van der Waals surface area contributed by atoms with Crippen LogP contribution < -0.4 is 5.32 Å². The highest BCUT2D eigenvalue weighted by atomic mass is 19.1. The SMILES string of the molecule is CC.CC(=O)/C(=C\c1cccc2ccccc12)NC(=O)c1ccc(C(C)(C)F)cc1.CCC.CCCC(C)=O.CCc1ccccc1. The van der Waals surface area contributed by atoms with Gasteiger partial charge in [-0.3, -0.25) is 9.59 Å². The van der Waals surface area contributed by atoms with Crippen molar-refractivity contribution in [1.29, 1.82) is 0 Å². The maximum Gasteiger partial charge on any atom is 0.255 e. The number of carbonyl (C=O) groups excluding carboxylic acids is 3. The Morgan fingerprint density at radius 2 is 1.28 bits per heavy atom. The summed E-state index contributed by atoms with van der Waals surface area (Å²) in [6.07, 6.45) is 5.79. The van der Waals surface area contributed by atoms with Crippen molar-refractivity contribution in [2.45, 2.75) is 101 Å². The van der Waals surface area contributed by atoms with Crippen LogP contribution in [0.25, 0.3) is 16.8 Å². The highest BCUT2D eigenvalue weighted by molar-refractivity contribution is 6.06. The van der Waals surface area contributed by atoms with Gasteiger partial charge in [-0.2, -0.15) is 0 Å². The molecule has 0 fully saturated rings. The van der Waals surface area contributed by atoms with E-state index in [-0.39, 0.29) is 17.3 Å². The first kappa shape index (κ1) is 42.6. The summed E-state index contributed by atoms with van der Waals surface area (Å²) in [6.45, 7) is 18.4.